The molecule has 0 aliphatic carbocycles. The van der Waals surface area contributed by atoms with Gasteiger partial charge in [0.1, 0.15) is 0 Å². The molecule has 1 N–H and O–H groups in total. The monoisotopic (exact) mass is 638 g/mol. The largest absolute Gasteiger partial charge is 0.569 e. The number of hydrogen-bond donors (Lipinski definition) is 1. The summed E-state index contributed by atoms with van der Waals surface area (Å²) in [5, 5.41) is 20.3. The molecule has 1 aromatic heterocycles. The number of amides is 1. The van der Waals surface area contributed by atoms with Gasteiger partial charge in [0.05, 0.1) is 40.3 Å². The van der Waals surface area contributed by atoms with Crippen molar-refractivity contribution < 1.29 is 45.7 Å². The molecule has 1 unspecified atom stereocenters. The van der Waals surface area contributed by atoms with E-state index >= 15 is 0 Å². The second-order valence-corrected chi connectivity index (χ2v) is 11.5. The van der Waals surface area contributed by atoms with Crippen molar-refractivity contribution in [3.05, 3.63) is 71.1 Å². The van der Waals surface area contributed by atoms with E-state index < -0.39 is 46.5 Å². The van der Waals surface area contributed by atoms with Gasteiger partial charge in [-0.2, -0.15) is 18.3 Å². The van der Waals surface area contributed by atoms with Crippen LogP contribution in [0, 0.1) is 18.0 Å². The first kappa shape index (κ1) is 32.2. The minimum absolute atomic E-state index is 0.0940. The summed E-state index contributed by atoms with van der Waals surface area (Å²) >= 11 is 0. The quantitative estimate of drug-likeness (QED) is 0.0862. The van der Waals surface area contributed by atoms with Gasteiger partial charge in [0.25, 0.3) is 16.8 Å². The minimum atomic E-state index is -4.71. The zero-order valence-corrected chi connectivity index (χ0v) is 24.5. The topological polar surface area (TPSA) is 158 Å². The predicted molar refractivity (Wildman–Crippen MR) is 147 cm³/mol. The number of alkyl halides is 3. The van der Waals surface area contributed by atoms with E-state index in [0.29, 0.717) is 18.4 Å². The van der Waals surface area contributed by atoms with Crippen molar-refractivity contribution >= 4 is 21.9 Å². The number of halogens is 3. The van der Waals surface area contributed by atoms with E-state index in [1.54, 1.807) is 31.2 Å². The van der Waals surface area contributed by atoms with Gasteiger partial charge in [-0.05, 0) is 50.1 Å². The van der Waals surface area contributed by atoms with Crippen molar-refractivity contribution in [1.82, 2.24) is 19.5 Å². The van der Waals surface area contributed by atoms with Gasteiger partial charge >= 0.3 is 12.1 Å². The Labute approximate surface area is 250 Å². The Hall–Kier alpha value is -4.67. The van der Waals surface area contributed by atoms with Gasteiger partial charge < -0.3 is 14.8 Å². The van der Waals surface area contributed by atoms with Crippen LogP contribution in [-0.4, -0.2) is 59.9 Å². The fraction of sp³-hybridized carbons (Fsp3) is 0.370. The van der Waals surface area contributed by atoms with Gasteiger partial charge in [0.2, 0.25) is 11.2 Å². The van der Waals surface area contributed by atoms with Gasteiger partial charge in [0.15, 0.2) is 5.69 Å². The van der Waals surface area contributed by atoms with Crippen molar-refractivity contribution in [1.29, 1.82) is 0 Å². The molecule has 3 aromatic rings. The second kappa shape index (κ2) is 13.3. The zero-order chi connectivity index (χ0) is 32.1. The molecular weight excluding hydrogens is 609 g/mol. The van der Waals surface area contributed by atoms with E-state index in [0.717, 1.165) is 33.5 Å². The van der Waals surface area contributed by atoms with Crippen LogP contribution in [0.1, 0.15) is 37.4 Å². The van der Waals surface area contributed by atoms with Gasteiger partial charge in [-0.25, -0.2) is 17.8 Å². The van der Waals surface area contributed by atoms with Crippen molar-refractivity contribution in [2.45, 2.75) is 44.2 Å². The summed E-state index contributed by atoms with van der Waals surface area (Å²) in [5.74, 6) is -2.29. The summed E-state index contributed by atoms with van der Waals surface area (Å²) in [7, 11) is -4.37. The first-order valence-corrected chi connectivity index (χ1v) is 14.9. The number of nitrogens with one attached hydrogen (secondary N) is 1. The van der Waals surface area contributed by atoms with Gasteiger partial charge in [-0.1, -0.05) is 36.8 Å². The van der Waals surface area contributed by atoms with E-state index in [-0.39, 0.29) is 40.8 Å². The highest BCUT2D eigenvalue weighted by Crippen LogP contribution is 2.33. The van der Waals surface area contributed by atoms with E-state index in [1.807, 2.05) is 11.6 Å². The highest BCUT2D eigenvalue weighted by Gasteiger charge is 2.36. The molecule has 1 amide bonds. The van der Waals surface area contributed by atoms with Crippen LogP contribution < -0.4 is 4.72 Å². The van der Waals surface area contributed by atoms with Gasteiger partial charge in [-0.3, -0.25) is 9.59 Å². The maximum atomic E-state index is 13.5. The summed E-state index contributed by atoms with van der Waals surface area (Å²) in [4.78, 5) is 28.4. The number of hydrogen-bond acceptors (Lipinski definition) is 9. The lowest BCUT2D eigenvalue weighted by molar-refractivity contribution is -0.714. The number of benzene rings is 2. The fourth-order valence-electron chi connectivity index (χ4n) is 4.33. The molecule has 236 valence electrons. The smallest absolute Gasteiger partial charge is 0.435 e. The number of aryl methyl sites for hydroxylation is 1. The van der Waals surface area contributed by atoms with Crippen LogP contribution in [0.4, 0.5) is 13.2 Å². The van der Waals surface area contributed by atoms with Crippen LogP contribution in [0.25, 0.3) is 16.9 Å². The average molecular weight is 639 g/mol. The van der Waals surface area contributed by atoms with Gasteiger partial charge in [0, 0.05) is 12.0 Å². The Morgan fingerprint density at radius 2 is 1.84 bits per heavy atom. The molecule has 1 fully saturated rings. The first-order chi connectivity index (χ1) is 20.8. The molecular formula is C27H29F3N6O7S. The van der Waals surface area contributed by atoms with E-state index in [9.17, 15) is 36.4 Å². The number of rotatable bonds is 10. The lowest BCUT2D eigenvalue weighted by Crippen LogP contribution is -2.46. The summed E-state index contributed by atoms with van der Waals surface area (Å²) in [6.07, 6.45) is -3.93. The molecule has 13 nitrogen and oxygen atoms in total. The number of piperidine rings is 1. The summed E-state index contributed by atoms with van der Waals surface area (Å²) in [5.41, 5.74) is 0.578. The molecule has 2 heterocycles. The molecule has 1 aliphatic heterocycles. The molecule has 1 atom stereocenters. The Kier molecular flexibility index (Phi) is 9.76. The Morgan fingerprint density at radius 3 is 2.48 bits per heavy atom. The van der Waals surface area contributed by atoms with Crippen molar-refractivity contribution in [2.24, 2.45) is 11.2 Å². The predicted octanol–water partition coefficient (Wildman–Crippen LogP) is 4.10. The van der Waals surface area contributed by atoms with Crippen LogP contribution in [0.3, 0.4) is 0 Å². The summed E-state index contributed by atoms with van der Waals surface area (Å²) in [6.45, 7) is 2.90. The fourth-order valence-corrected chi connectivity index (χ4v) is 5.38. The Balaban J connectivity index is 1.46. The molecule has 1 saturated heterocycles. The van der Waals surface area contributed by atoms with Crippen molar-refractivity contribution in [2.75, 3.05) is 19.9 Å². The number of aromatic nitrogens is 2. The number of hydrazine groups is 1. The van der Waals surface area contributed by atoms with Crippen molar-refractivity contribution in [3.8, 4) is 16.9 Å². The van der Waals surface area contributed by atoms with Crippen LogP contribution in [0.2, 0.25) is 0 Å². The molecule has 17 heteroatoms. The molecule has 4 rings (SSSR count). The first-order valence-electron chi connectivity index (χ1n) is 13.4. The normalized spacial score (nSPS) is 16.0. The third-order valence-electron chi connectivity index (χ3n) is 6.68. The number of ether oxygens (including phenoxy) is 1. The average Bonchev–Trinajstić information content (AvgIpc) is 3.46. The standard InChI is InChI=1S/C27H29F3N6O7S/c1-3-25(37)42-17-43-33-36(39)34-14-4-5-20(16-34)26(38)32-44(40,41)22-12-10-21(11-13-22)35-23(15-24(31-35)27(28,29)30)19-8-6-18(2)7-9-19/h6-13,15,20H,3-5,14,16-17H2,1-2H3,(H,32,38)/b36-33-. The number of esters is 1. The minimum Gasteiger partial charge on any atom is -0.569 e. The molecule has 1 aliphatic rings. The summed E-state index contributed by atoms with van der Waals surface area (Å²) in [6, 6.07) is 12.6. The molecule has 0 spiro atoms. The molecule has 2 aromatic carbocycles. The number of carbonyl (C=O) groups excluding carboxylic acids is 2. The number of sulfonamides is 1. The van der Waals surface area contributed by atoms with Crippen LogP contribution in [0.15, 0.2) is 64.8 Å². The van der Waals surface area contributed by atoms with E-state index in [2.05, 4.69) is 20.0 Å². The van der Waals surface area contributed by atoms with Crippen LogP contribution in [0.5, 0.6) is 0 Å². The SMILES string of the molecule is CCC(=O)OCO/N=[N+](\[O-])N1CCCC(C(=O)NS(=O)(=O)c2ccc(-n3nc(C(F)(F)F)cc3-c3ccc(C)cc3)cc2)C1. The molecule has 0 saturated carbocycles. The van der Waals surface area contributed by atoms with E-state index in [1.165, 1.54) is 12.1 Å². The Morgan fingerprint density at radius 1 is 1.16 bits per heavy atom. The third-order valence-corrected chi connectivity index (χ3v) is 8.04. The third kappa shape index (κ3) is 7.83. The molecule has 44 heavy (non-hydrogen) atoms. The lowest BCUT2D eigenvalue weighted by Gasteiger charge is -2.27. The highest BCUT2D eigenvalue weighted by molar-refractivity contribution is 7.90. The van der Waals surface area contributed by atoms with Crippen LogP contribution in [-0.2, 0) is 35.4 Å². The lowest BCUT2D eigenvalue weighted by atomic mass is 9.99. The van der Waals surface area contributed by atoms with Crippen LogP contribution >= 0.6 is 0 Å². The molecule has 0 radical (unpaired) electrons. The highest BCUT2D eigenvalue weighted by atomic mass is 32.2. The number of carbonyl (C=O) groups is 2. The van der Waals surface area contributed by atoms with E-state index in [4.69, 9.17) is 0 Å². The maximum absolute atomic E-state index is 13.5. The van der Waals surface area contributed by atoms with Crippen molar-refractivity contribution in [3.63, 3.8) is 0 Å². The molecule has 0 bridgehead atoms. The summed E-state index contributed by atoms with van der Waals surface area (Å²) < 4.78 is 74.2. The second-order valence-electron chi connectivity index (χ2n) is 9.86. The maximum Gasteiger partial charge on any atom is 0.435 e. The van der Waals surface area contributed by atoms with Gasteiger partial charge in [-0.15, -0.1) is 5.01 Å². The number of nitrogens with zero attached hydrogens (tertiary/aromatic N) is 5. The zero-order valence-electron chi connectivity index (χ0n) is 23.7. The Bertz CT molecular complexity index is 1620.